The van der Waals surface area contributed by atoms with E-state index in [-0.39, 0.29) is 0 Å². The van der Waals surface area contributed by atoms with E-state index in [1.54, 1.807) is 0 Å². The Hall–Kier alpha value is -2.74. The van der Waals surface area contributed by atoms with E-state index in [9.17, 15) is 0 Å². The molecule has 0 bridgehead atoms. The van der Waals surface area contributed by atoms with Gasteiger partial charge in [-0.1, -0.05) is 38.1 Å². The summed E-state index contributed by atoms with van der Waals surface area (Å²) in [4.78, 5) is 0. The first-order chi connectivity index (χ1) is 11.6. The quantitative estimate of drug-likeness (QED) is 0.352. The van der Waals surface area contributed by atoms with Crippen molar-refractivity contribution < 1.29 is 4.42 Å². The molecule has 0 radical (unpaired) electrons. The number of hydrogen-bond donors (Lipinski definition) is 0. The summed E-state index contributed by atoms with van der Waals surface area (Å²) in [6.07, 6.45) is 0. The minimum atomic E-state index is 0.506. The summed E-state index contributed by atoms with van der Waals surface area (Å²) >= 11 is 0. The minimum Gasteiger partial charge on any atom is -0.456 e. The lowest BCUT2D eigenvalue weighted by molar-refractivity contribution is 0.668. The number of rotatable bonds is 1. The van der Waals surface area contributed by atoms with Crippen molar-refractivity contribution >= 4 is 43.7 Å². The van der Waals surface area contributed by atoms with Gasteiger partial charge in [-0.05, 0) is 41.8 Å². The van der Waals surface area contributed by atoms with Gasteiger partial charge in [-0.3, -0.25) is 0 Å². The number of aryl methyl sites for hydroxylation is 1. The van der Waals surface area contributed by atoms with E-state index in [1.165, 1.54) is 38.1 Å². The number of aromatic nitrogens is 1. The predicted octanol–water partition coefficient (Wildman–Crippen LogP) is 6.35. The largest absolute Gasteiger partial charge is 0.456 e. The molecule has 0 fully saturated rings. The first kappa shape index (κ1) is 13.7. The minimum absolute atomic E-state index is 0.506. The number of fused-ring (bicyclic) bond motifs is 7. The van der Waals surface area contributed by atoms with Crippen LogP contribution in [0.3, 0.4) is 0 Å². The molecular weight excluding hydrogens is 294 g/mol. The fourth-order valence-corrected chi connectivity index (χ4v) is 3.91. The van der Waals surface area contributed by atoms with E-state index in [2.05, 4.69) is 80.1 Å². The SMILES string of the molecule is CC(C)c1ccc2oc3ccc4c5ccccc5n(C)c4c3c2c1. The molecule has 0 atom stereocenters. The lowest BCUT2D eigenvalue weighted by atomic mass is 10.00. The molecule has 0 N–H and O–H groups in total. The average Bonchev–Trinajstić information content (AvgIpc) is 3.10. The van der Waals surface area contributed by atoms with Crippen LogP contribution in [-0.2, 0) is 7.05 Å². The normalized spacial score (nSPS) is 12.3. The van der Waals surface area contributed by atoms with E-state index in [4.69, 9.17) is 4.42 Å². The van der Waals surface area contributed by atoms with Gasteiger partial charge in [0.15, 0.2) is 0 Å². The number of para-hydroxylation sites is 1. The number of benzene rings is 3. The van der Waals surface area contributed by atoms with E-state index >= 15 is 0 Å². The molecule has 2 heteroatoms. The third-order valence-corrected chi connectivity index (χ3v) is 5.19. The van der Waals surface area contributed by atoms with Crippen molar-refractivity contribution in [2.45, 2.75) is 19.8 Å². The molecule has 5 aromatic rings. The summed E-state index contributed by atoms with van der Waals surface area (Å²) in [6, 6.07) is 19.5. The zero-order valence-electron chi connectivity index (χ0n) is 14.1. The summed E-state index contributed by atoms with van der Waals surface area (Å²) in [5.41, 5.74) is 5.79. The Bertz CT molecular complexity index is 1240. The molecule has 0 aliphatic carbocycles. The molecule has 3 aromatic carbocycles. The number of furan rings is 1. The highest BCUT2D eigenvalue weighted by atomic mass is 16.3. The van der Waals surface area contributed by atoms with E-state index in [0.29, 0.717) is 5.92 Å². The molecule has 118 valence electrons. The topological polar surface area (TPSA) is 18.1 Å². The molecule has 0 unspecified atom stereocenters. The molecule has 0 saturated heterocycles. The summed E-state index contributed by atoms with van der Waals surface area (Å²) in [5, 5.41) is 5.03. The second-order valence-corrected chi connectivity index (χ2v) is 6.92. The summed E-state index contributed by atoms with van der Waals surface area (Å²) in [7, 11) is 2.15. The van der Waals surface area contributed by atoms with Gasteiger partial charge in [-0.25, -0.2) is 0 Å². The van der Waals surface area contributed by atoms with Gasteiger partial charge in [0.05, 0.1) is 10.9 Å². The van der Waals surface area contributed by atoms with Crippen LogP contribution in [-0.4, -0.2) is 4.57 Å². The third kappa shape index (κ3) is 1.66. The first-order valence-electron chi connectivity index (χ1n) is 8.47. The highest BCUT2D eigenvalue weighted by Gasteiger charge is 2.16. The zero-order valence-corrected chi connectivity index (χ0v) is 14.1. The van der Waals surface area contributed by atoms with Gasteiger partial charge in [0.2, 0.25) is 0 Å². The summed E-state index contributed by atoms with van der Waals surface area (Å²) in [6.45, 7) is 4.46. The average molecular weight is 313 g/mol. The molecule has 0 aliphatic rings. The maximum atomic E-state index is 6.13. The fraction of sp³-hybridized carbons (Fsp3) is 0.182. The van der Waals surface area contributed by atoms with Crippen LogP contribution in [0.4, 0.5) is 0 Å². The highest BCUT2D eigenvalue weighted by molar-refractivity contribution is 6.23. The molecule has 0 saturated carbocycles. The molecule has 2 heterocycles. The van der Waals surface area contributed by atoms with Crippen LogP contribution >= 0.6 is 0 Å². The van der Waals surface area contributed by atoms with Crippen LogP contribution < -0.4 is 0 Å². The Morgan fingerprint density at radius 2 is 1.62 bits per heavy atom. The Morgan fingerprint density at radius 3 is 2.46 bits per heavy atom. The van der Waals surface area contributed by atoms with Gasteiger partial charge < -0.3 is 8.98 Å². The Labute approximate surface area is 140 Å². The molecule has 0 amide bonds. The van der Waals surface area contributed by atoms with Crippen molar-refractivity contribution in [3.63, 3.8) is 0 Å². The van der Waals surface area contributed by atoms with Gasteiger partial charge >= 0.3 is 0 Å². The van der Waals surface area contributed by atoms with Crippen molar-refractivity contribution in [3.8, 4) is 0 Å². The first-order valence-corrected chi connectivity index (χ1v) is 8.47. The fourth-order valence-electron chi connectivity index (χ4n) is 3.91. The molecule has 0 aliphatic heterocycles. The van der Waals surface area contributed by atoms with Gasteiger partial charge in [0.1, 0.15) is 11.2 Å². The predicted molar refractivity (Wildman–Crippen MR) is 102 cm³/mol. The van der Waals surface area contributed by atoms with Gasteiger partial charge in [0, 0.05) is 28.7 Å². The van der Waals surface area contributed by atoms with E-state index in [0.717, 1.165) is 11.2 Å². The smallest absolute Gasteiger partial charge is 0.137 e. The van der Waals surface area contributed by atoms with Gasteiger partial charge in [-0.15, -0.1) is 0 Å². The Kier molecular flexibility index (Phi) is 2.64. The lowest BCUT2D eigenvalue weighted by Gasteiger charge is -2.05. The second-order valence-electron chi connectivity index (χ2n) is 6.92. The second kappa shape index (κ2) is 4.64. The van der Waals surface area contributed by atoms with Crippen LogP contribution in [0.5, 0.6) is 0 Å². The molecule has 2 nitrogen and oxygen atoms in total. The Morgan fingerprint density at radius 1 is 0.833 bits per heavy atom. The van der Waals surface area contributed by atoms with Crippen molar-refractivity contribution in [2.75, 3.05) is 0 Å². The molecular formula is C22H19NO. The molecule has 2 aromatic heterocycles. The maximum absolute atomic E-state index is 6.13. The van der Waals surface area contributed by atoms with Crippen LogP contribution in [0.2, 0.25) is 0 Å². The van der Waals surface area contributed by atoms with Crippen molar-refractivity contribution in [3.05, 3.63) is 60.2 Å². The third-order valence-electron chi connectivity index (χ3n) is 5.19. The van der Waals surface area contributed by atoms with Crippen LogP contribution in [0, 0.1) is 0 Å². The number of hydrogen-bond acceptors (Lipinski definition) is 1. The van der Waals surface area contributed by atoms with Crippen molar-refractivity contribution in [1.82, 2.24) is 4.57 Å². The molecule has 5 rings (SSSR count). The molecule has 0 spiro atoms. The van der Waals surface area contributed by atoms with Crippen molar-refractivity contribution in [1.29, 1.82) is 0 Å². The molecule has 24 heavy (non-hydrogen) atoms. The standard InChI is InChI=1S/C22H19NO/c1-13(2)14-8-10-19-17(12-14)21-20(24-19)11-9-16-15-6-4-5-7-18(15)23(3)22(16)21/h4-13H,1-3H3. The summed E-state index contributed by atoms with van der Waals surface area (Å²) < 4.78 is 8.43. The van der Waals surface area contributed by atoms with Crippen LogP contribution in [0.1, 0.15) is 25.3 Å². The number of nitrogens with zero attached hydrogens (tertiary/aromatic N) is 1. The highest BCUT2D eigenvalue weighted by Crippen LogP contribution is 2.39. The lowest BCUT2D eigenvalue weighted by Crippen LogP contribution is -1.88. The Balaban J connectivity index is 2.06. The zero-order chi connectivity index (χ0) is 16.4. The summed E-state index contributed by atoms with van der Waals surface area (Å²) in [5.74, 6) is 0.506. The van der Waals surface area contributed by atoms with Crippen LogP contribution in [0.25, 0.3) is 43.7 Å². The van der Waals surface area contributed by atoms with Gasteiger partial charge in [0.25, 0.3) is 0 Å². The van der Waals surface area contributed by atoms with E-state index < -0.39 is 0 Å². The maximum Gasteiger partial charge on any atom is 0.137 e. The van der Waals surface area contributed by atoms with Crippen LogP contribution in [0.15, 0.2) is 59.0 Å². The monoisotopic (exact) mass is 313 g/mol. The van der Waals surface area contributed by atoms with Crippen molar-refractivity contribution in [2.24, 2.45) is 7.05 Å². The van der Waals surface area contributed by atoms with Gasteiger partial charge in [-0.2, -0.15) is 0 Å². The van der Waals surface area contributed by atoms with E-state index in [1.807, 2.05) is 0 Å².